The Labute approximate surface area is 110 Å². The Morgan fingerprint density at radius 2 is 2.11 bits per heavy atom. The zero-order valence-corrected chi connectivity index (χ0v) is 10.4. The zero-order chi connectivity index (χ0) is 13.1. The van der Waals surface area contributed by atoms with E-state index in [9.17, 15) is 0 Å². The van der Waals surface area contributed by atoms with E-state index in [0.29, 0.717) is 13.2 Å². The first-order chi connectivity index (χ1) is 9.36. The maximum absolute atomic E-state index is 5.72. The Morgan fingerprint density at radius 1 is 1.21 bits per heavy atom. The average molecular weight is 254 g/mol. The molecule has 0 unspecified atom stereocenters. The summed E-state index contributed by atoms with van der Waals surface area (Å²) in [5, 5.41) is 1.06. The zero-order valence-electron chi connectivity index (χ0n) is 10.4. The molecular weight excluding hydrogens is 240 g/mol. The number of nitrogens with zero attached hydrogens (tertiary/aromatic N) is 1. The van der Waals surface area contributed by atoms with Crippen molar-refractivity contribution in [2.75, 3.05) is 0 Å². The topological polar surface area (TPSA) is 61.3 Å². The molecule has 4 heteroatoms. The highest BCUT2D eigenvalue weighted by Gasteiger charge is 2.05. The summed E-state index contributed by atoms with van der Waals surface area (Å²) in [5.41, 5.74) is 7.50. The molecule has 0 aliphatic heterocycles. The van der Waals surface area contributed by atoms with Crippen LogP contribution in [0.1, 0.15) is 11.3 Å². The van der Waals surface area contributed by atoms with Gasteiger partial charge >= 0.3 is 0 Å². The number of furan rings is 1. The third-order valence-corrected chi connectivity index (χ3v) is 2.98. The number of hydrogen-bond donors (Lipinski definition) is 1. The number of para-hydroxylation sites is 1. The van der Waals surface area contributed by atoms with E-state index in [1.165, 1.54) is 0 Å². The van der Waals surface area contributed by atoms with Gasteiger partial charge in [-0.15, -0.1) is 0 Å². The highest BCUT2D eigenvalue weighted by molar-refractivity contribution is 5.79. The fourth-order valence-corrected chi connectivity index (χ4v) is 1.97. The minimum absolute atomic E-state index is 0.377. The number of aromatic nitrogens is 1. The summed E-state index contributed by atoms with van der Waals surface area (Å²) in [6.45, 7) is 0.810. The minimum atomic E-state index is 0.377. The van der Waals surface area contributed by atoms with Crippen LogP contribution in [-0.2, 0) is 13.2 Å². The monoisotopic (exact) mass is 254 g/mol. The van der Waals surface area contributed by atoms with E-state index in [0.717, 1.165) is 28.0 Å². The molecule has 2 heterocycles. The van der Waals surface area contributed by atoms with Crippen LogP contribution in [-0.4, -0.2) is 4.98 Å². The van der Waals surface area contributed by atoms with Gasteiger partial charge in [-0.3, -0.25) is 4.98 Å². The molecule has 0 aliphatic carbocycles. The van der Waals surface area contributed by atoms with Crippen LogP contribution in [0.25, 0.3) is 10.9 Å². The summed E-state index contributed by atoms with van der Waals surface area (Å²) in [6, 6.07) is 11.8. The van der Waals surface area contributed by atoms with Crippen molar-refractivity contribution in [3.8, 4) is 5.75 Å². The first-order valence-corrected chi connectivity index (χ1v) is 6.10. The molecule has 4 nitrogen and oxygen atoms in total. The van der Waals surface area contributed by atoms with Gasteiger partial charge in [0.05, 0.1) is 24.5 Å². The minimum Gasteiger partial charge on any atom is -0.487 e. The van der Waals surface area contributed by atoms with E-state index in [1.807, 2.05) is 36.4 Å². The molecule has 0 fully saturated rings. The van der Waals surface area contributed by atoms with E-state index in [2.05, 4.69) is 4.98 Å². The summed E-state index contributed by atoms with van der Waals surface area (Å²) < 4.78 is 11.0. The molecule has 2 N–H and O–H groups in total. The van der Waals surface area contributed by atoms with Gasteiger partial charge in [-0.25, -0.2) is 0 Å². The number of pyridine rings is 1. The fraction of sp³-hybridized carbons (Fsp3) is 0.133. The van der Waals surface area contributed by atoms with Crippen LogP contribution in [0.4, 0.5) is 0 Å². The van der Waals surface area contributed by atoms with Gasteiger partial charge in [-0.2, -0.15) is 0 Å². The fourth-order valence-electron chi connectivity index (χ4n) is 1.97. The summed E-state index contributed by atoms with van der Waals surface area (Å²) in [4.78, 5) is 4.35. The average Bonchev–Trinajstić information content (AvgIpc) is 2.92. The molecule has 0 bridgehead atoms. The molecule has 0 saturated carbocycles. The van der Waals surface area contributed by atoms with Gasteiger partial charge in [-0.1, -0.05) is 18.2 Å². The predicted octanol–water partition coefficient (Wildman–Crippen LogP) is 2.87. The normalized spacial score (nSPS) is 10.8. The summed E-state index contributed by atoms with van der Waals surface area (Å²) >= 11 is 0. The molecule has 0 saturated heterocycles. The molecule has 0 radical (unpaired) electrons. The second kappa shape index (κ2) is 5.12. The first-order valence-electron chi connectivity index (χ1n) is 6.10. The van der Waals surface area contributed by atoms with Crippen LogP contribution >= 0.6 is 0 Å². The van der Waals surface area contributed by atoms with Crippen molar-refractivity contribution in [3.05, 3.63) is 60.2 Å². The second-order valence-corrected chi connectivity index (χ2v) is 4.23. The summed E-state index contributed by atoms with van der Waals surface area (Å²) in [7, 11) is 0. The van der Waals surface area contributed by atoms with Crippen molar-refractivity contribution >= 4 is 10.9 Å². The number of rotatable bonds is 4. The second-order valence-electron chi connectivity index (χ2n) is 4.23. The van der Waals surface area contributed by atoms with Gasteiger partial charge < -0.3 is 14.9 Å². The largest absolute Gasteiger partial charge is 0.487 e. The van der Waals surface area contributed by atoms with E-state index in [4.69, 9.17) is 14.9 Å². The number of benzene rings is 1. The van der Waals surface area contributed by atoms with Crippen LogP contribution in [0, 0.1) is 0 Å². The molecular formula is C15H14N2O2. The van der Waals surface area contributed by atoms with Crippen molar-refractivity contribution < 1.29 is 9.15 Å². The van der Waals surface area contributed by atoms with Gasteiger partial charge in [-0.05, 0) is 18.2 Å². The van der Waals surface area contributed by atoms with Crippen molar-refractivity contribution in [3.63, 3.8) is 0 Å². The third kappa shape index (κ3) is 2.44. The molecule has 3 rings (SSSR count). The van der Waals surface area contributed by atoms with Crippen molar-refractivity contribution in [2.24, 2.45) is 5.73 Å². The van der Waals surface area contributed by atoms with Gasteiger partial charge in [0.25, 0.3) is 0 Å². The van der Waals surface area contributed by atoms with E-state index >= 15 is 0 Å². The standard InChI is InChI=1S/C15H14N2O2/c16-8-15-12(5-6-18-15)10-19-13-7-11-3-1-2-4-14(11)17-9-13/h1-7,9H,8,10,16H2. The molecule has 0 spiro atoms. The lowest BCUT2D eigenvalue weighted by Gasteiger charge is -2.06. The third-order valence-electron chi connectivity index (χ3n) is 2.98. The first kappa shape index (κ1) is 11.7. The highest BCUT2D eigenvalue weighted by atomic mass is 16.5. The van der Waals surface area contributed by atoms with Gasteiger partial charge in [0.1, 0.15) is 18.1 Å². The summed E-state index contributed by atoms with van der Waals surface area (Å²) in [5.74, 6) is 1.50. The Hall–Kier alpha value is -2.33. The molecule has 2 aromatic heterocycles. The number of fused-ring (bicyclic) bond motifs is 1. The van der Waals surface area contributed by atoms with E-state index < -0.39 is 0 Å². The van der Waals surface area contributed by atoms with Crippen molar-refractivity contribution in [1.29, 1.82) is 0 Å². The number of ether oxygens (including phenoxy) is 1. The number of hydrogen-bond acceptors (Lipinski definition) is 4. The maximum atomic E-state index is 5.72. The molecule has 0 aliphatic rings. The SMILES string of the molecule is NCc1occc1COc1cnc2ccccc2c1. The van der Waals surface area contributed by atoms with Crippen LogP contribution in [0.2, 0.25) is 0 Å². The molecule has 3 aromatic rings. The van der Waals surface area contributed by atoms with Crippen LogP contribution in [0.15, 0.2) is 53.3 Å². The van der Waals surface area contributed by atoms with Crippen LogP contribution < -0.4 is 10.5 Å². The lowest BCUT2D eigenvalue weighted by Crippen LogP contribution is -2.02. The Balaban J connectivity index is 1.78. The highest BCUT2D eigenvalue weighted by Crippen LogP contribution is 2.20. The lowest BCUT2D eigenvalue weighted by atomic mass is 10.2. The maximum Gasteiger partial charge on any atom is 0.138 e. The molecule has 19 heavy (non-hydrogen) atoms. The van der Waals surface area contributed by atoms with E-state index in [1.54, 1.807) is 12.5 Å². The Bertz CT molecular complexity index is 691. The predicted molar refractivity (Wildman–Crippen MR) is 72.7 cm³/mol. The molecule has 0 atom stereocenters. The Kier molecular flexibility index (Phi) is 3.16. The van der Waals surface area contributed by atoms with Crippen molar-refractivity contribution in [2.45, 2.75) is 13.2 Å². The van der Waals surface area contributed by atoms with E-state index in [-0.39, 0.29) is 0 Å². The van der Waals surface area contributed by atoms with Gasteiger partial charge in [0.15, 0.2) is 0 Å². The summed E-state index contributed by atoms with van der Waals surface area (Å²) in [6.07, 6.45) is 3.35. The molecule has 96 valence electrons. The molecule has 1 aromatic carbocycles. The quantitative estimate of drug-likeness (QED) is 0.777. The van der Waals surface area contributed by atoms with Crippen LogP contribution in [0.3, 0.4) is 0 Å². The molecule has 0 amide bonds. The number of nitrogens with two attached hydrogens (primary N) is 1. The van der Waals surface area contributed by atoms with Crippen LogP contribution in [0.5, 0.6) is 5.75 Å². The smallest absolute Gasteiger partial charge is 0.138 e. The lowest BCUT2D eigenvalue weighted by molar-refractivity contribution is 0.301. The van der Waals surface area contributed by atoms with Gasteiger partial charge in [0, 0.05) is 10.9 Å². The van der Waals surface area contributed by atoms with Crippen molar-refractivity contribution in [1.82, 2.24) is 4.98 Å². The van der Waals surface area contributed by atoms with Gasteiger partial charge in [0.2, 0.25) is 0 Å². The Morgan fingerprint density at radius 3 is 3.00 bits per heavy atom.